The molecule has 1 N–H and O–H groups in total. The summed E-state index contributed by atoms with van der Waals surface area (Å²) in [6.45, 7) is 0.383. The average Bonchev–Trinajstić information content (AvgIpc) is 2.54. The Hall–Kier alpha value is -2.05. The van der Waals surface area contributed by atoms with Crippen LogP contribution in [0.1, 0.15) is 22.3 Å². The van der Waals surface area contributed by atoms with Gasteiger partial charge >= 0.3 is 12.1 Å². The van der Waals surface area contributed by atoms with Crippen molar-refractivity contribution in [2.45, 2.75) is 31.7 Å². The second kappa shape index (κ2) is 6.69. The molecule has 0 radical (unpaired) electrons. The van der Waals surface area contributed by atoms with E-state index in [-0.39, 0.29) is 19.5 Å². The Balaban J connectivity index is 1.93. The van der Waals surface area contributed by atoms with Crippen LogP contribution >= 0.6 is 11.6 Å². The number of carboxylic acids is 1. The van der Waals surface area contributed by atoms with Crippen LogP contribution in [-0.4, -0.2) is 22.0 Å². The molecule has 0 amide bonds. The van der Waals surface area contributed by atoms with Crippen LogP contribution in [0.3, 0.4) is 0 Å². The minimum atomic E-state index is -4.42. The lowest BCUT2D eigenvalue weighted by atomic mass is 9.92. The number of alkyl halides is 3. The molecule has 25 heavy (non-hydrogen) atoms. The maximum atomic E-state index is 12.9. The third-order valence-electron chi connectivity index (χ3n) is 4.38. The minimum absolute atomic E-state index is 0.126. The fraction of sp³-hybridized carbons (Fsp3) is 0.278. The molecule has 0 saturated carbocycles. The van der Waals surface area contributed by atoms with E-state index >= 15 is 0 Å². The molecule has 0 aromatic heterocycles. The number of hydrogen-bond donors (Lipinski definition) is 1. The largest absolute Gasteiger partial charge is 0.480 e. The summed E-state index contributed by atoms with van der Waals surface area (Å²) in [7, 11) is 0. The fourth-order valence-corrected chi connectivity index (χ4v) is 3.27. The second-order valence-corrected chi connectivity index (χ2v) is 6.44. The van der Waals surface area contributed by atoms with E-state index in [1.54, 1.807) is 29.2 Å². The van der Waals surface area contributed by atoms with Gasteiger partial charge in [0, 0.05) is 18.1 Å². The van der Waals surface area contributed by atoms with E-state index in [1.165, 1.54) is 6.07 Å². The van der Waals surface area contributed by atoms with E-state index in [0.29, 0.717) is 16.1 Å². The number of carbonyl (C=O) groups is 1. The predicted octanol–water partition coefficient (Wildman–Crippen LogP) is 4.37. The summed E-state index contributed by atoms with van der Waals surface area (Å²) in [5.41, 5.74) is 1.15. The highest BCUT2D eigenvalue weighted by Gasteiger charge is 2.35. The molecule has 0 bridgehead atoms. The van der Waals surface area contributed by atoms with Gasteiger partial charge in [-0.1, -0.05) is 35.9 Å². The van der Waals surface area contributed by atoms with Gasteiger partial charge in [-0.25, -0.2) is 0 Å². The lowest BCUT2D eigenvalue weighted by Crippen LogP contribution is -2.45. The number of carboxylic acid groups (broad SMARTS) is 1. The average molecular weight is 370 g/mol. The third-order valence-corrected chi connectivity index (χ3v) is 4.75. The van der Waals surface area contributed by atoms with Crippen molar-refractivity contribution in [3.63, 3.8) is 0 Å². The fourth-order valence-electron chi connectivity index (χ4n) is 3.07. The first kappa shape index (κ1) is 17.8. The Kier molecular flexibility index (Phi) is 4.75. The summed E-state index contributed by atoms with van der Waals surface area (Å²) < 4.78 is 38.8. The van der Waals surface area contributed by atoms with Gasteiger partial charge in [0.2, 0.25) is 0 Å². The topological polar surface area (TPSA) is 40.5 Å². The summed E-state index contributed by atoms with van der Waals surface area (Å²) >= 11 is 6.13. The van der Waals surface area contributed by atoms with Crippen molar-refractivity contribution in [2.75, 3.05) is 0 Å². The number of rotatable bonds is 3. The maximum Gasteiger partial charge on any atom is 0.416 e. The molecule has 2 aromatic rings. The molecule has 1 aliphatic rings. The maximum absolute atomic E-state index is 12.9. The van der Waals surface area contributed by atoms with Crippen molar-refractivity contribution >= 4 is 17.6 Å². The predicted molar refractivity (Wildman–Crippen MR) is 87.3 cm³/mol. The molecule has 2 aromatic carbocycles. The van der Waals surface area contributed by atoms with E-state index in [1.807, 2.05) is 0 Å². The smallest absolute Gasteiger partial charge is 0.416 e. The zero-order valence-corrected chi connectivity index (χ0v) is 13.8. The first-order valence-corrected chi connectivity index (χ1v) is 8.03. The van der Waals surface area contributed by atoms with Gasteiger partial charge in [-0.05, 0) is 41.3 Å². The Labute approximate surface area is 147 Å². The van der Waals surface area contributed by atoms with Crippen LogP contribution in [0.15, 0.2) is 42.5 Å². The molecular weight excluding hydrogens is 355 g/mol. The van der Waals surface area contributed by atoms with Gasteiger partial charge in [0.05, 0.1) is 5.56 Å². The van der Waals surface area contributed by atoms with Gasteiger partial charge in [-0.15, -0.1) is 0 Å². The van der Waals surface area contributed by atoms with Crippen LogP contribution in [0, 0.1) is 0 Å². The molecule has 0 aliphatic carbocycles. The van der Waals surface area contributed by atoms with Crippen LogP contribution < -0.4 is 0 Å². The van der Waals surface area contributed by atoms with E-state index in [4.69, 9.17) is 11.6 Å². The molecule has 0 spiro atoms. The van der Waals surface area contributed by atoms with Crippen molar-refractivity contribution in [1.82, 2.24) is 4.90 Å². The first-order valence-electron chi connectivity index (χ1n) is 7.65. The highest BCUT2D eigenvalue weighted by atomic mass is 35.5. The minimum Gasteiger partial charge on any atom is -0.480 e. The van der Waals surface area contributed by atoms with Gasteiger partial charge < -0.3 is 5.11 Å². The van der Waals surface area contributed by atoms with Gasteiger partial charge in [-0.2, -0.15) is 13.2 Å². The zero-order valence-electron chi connectivity index (χ0n) is 13.1. The number of aliphatic carboxylic acids is 1. The molecule has 7 heteroatoms. The van der Waals surface area contributed by atoms with Crippen molar-refractivity contribution in [2.24, 2.45) is 0 Å². The quantitative estimate of drug-likeness (QED) is 0.873. The lowest BCUT2D eigenvalue weighted by Gasteiger charge is -2.35. The zero-order chi connectivity index (χ0) is 18.2. The Bertz CT molecular complexity index is 807. The molecule has 0 saturated heterocycles. The van der Waals surface area contributed by atoms with Crippen LogP contribution in [-0.2, 0) is 30.5 Å². The summed E-state index contributed by atoms with van der Waals surface area (Å²) in [6.07, 6.45) is -4.26. The SMILES string of the molecule is O=C(O)[C@@H]1Cc2ccc(C(F)(F)F)cc2CN1Cc1ccccc1Cl. The molecule has 1 heterocycles. The second-order valence-electron chi connectivity index (χ2n) is 6.04. The van der Waals surface area contributed by atoms with Crippen molar-refractivity contribution in [1.29, 1.82) is 0 Å². The van der Waals surface area contributed by atoms with Crippen LogP contribution in [0.2, 0.25) is 5.02 Å². The molecule has 3 nitrogen and oxygen atoms in total. The highest BCUT2D eigenvalue weighted by molar-refractivity contribution is 6.31. The van der Waals surface area contributed by atoms with Crippen molar-refractivity contribution in [3.05, 3.63) is 69.7 Å². The number of hydrogen-bond acceptors (Lipinski definition) is 2. The van der Waals surface area contributed by atoms with E-state index < -0.39 is 23.8 Å². The highest BCUT2D eigenvalue weighted by Crippen LogP contribution is 2.34. The molecule has 132 valence electrons. The van der Waals surface area contributed by atoms with E-state index in [0.717, 1.165) is 17.7 Å². The lowest BCUT2D eigenvalue weighted by molar-refractivity contribution is -0.144. The van der Waals surface area contributed by atoms with Crippen LogP contribution in [0.25, 0.3) is 0 Å². The van der Waals surface area contributed by atoms with E-state index in [9.17, 15) is 23.1 Å². The third kappa shape index (κ3) is 3.80. The molecule has 3 rings (SSSR count). The monoisotopic (exact) mass is 369 g/mol. The molecule has 1 atom stereocenters. The van der Waals surface area contributed by atoms with E-state index in [2.05, 4.69) is 0 Å². The van der Waals surface area contributed by atoms with Crippen molar-refractivity contribution in [3.8, 4) is 0 Å². The van der Waals surface area contributed by atoms with Crippen molar-refractivity contribution < 1.29 is 23.1 Å². The van der Waals surface area contributed by atoms with Gasteiger partial charge in [-0.3, -0.25) is 9.69 Å². The molecule has 0 unspecified atom stereocenters. The van der Waals surface area contributed by atoms with Crippen LogP contribution in [0.4, 0.5) is 13.2 Å². The number of nitrogens with zero attached hydrogens (tertiary/aromatic N) is 1. The normalized spacial score (nSPS) is 18.0. The Morgan fingerprint density at radius 3 is 2.56 bits per heavy atom. The Morgan fingerprint density at radius 1 is 1.20 bits per heavy atom. The summed E-state index contributed by atoms with van der Waals surface area (Å²) in [5, 5.41) is 10.0. The van der Waals surface area contributed by atoms with Gasteiger partial charge in [0.25, 0.3) is 0 Å². The van der Waals surface area contributed by atoms with Gasteiger partial charge in [0.15, 0.2) is 0 Å². The van der Waals surface area contributed by atoms with Crippen LogP contribution in [0.5, 0.6) is 0 Å². The number of benzene rings is 2. The molecular formula is C18H15ClF3NO2. The summed E-state index contributed by atoms with van der Waals surface area (Å²) in [5.74, 6) is -1.00. The number of halogens is 4. The molecule has 1 aliphatic heterocycles. The Morgan fingerprint density at radius 2 is 1.92 bits per heavy atom. The summed E-state index contributed by atoms with van der Waals surface area (Å²) in [4.78, 5) is 13.3. The standard InChI is InChI=1S/C18H15ClF3NO2/c19-15-4-2-1-3-12(15)9-23-10-13-7-14(18(20,21)22)6-5-11(13)8-16(23)17(24)25/h1-7,16H,8-10H2,(H,24,25)/t16-/m0/s1. The number of fused-ring (bicyclic) bond motifs is 1. The molecule has 0 fully saturated rings. The summed E-state index contributed by atoms with van der Waals surface area (Å²) in [6, 6.07) is 9.71. The van der Waals surface area contributed by atoms with Gasteiger partial charge in [0.1, 0.15) is 6.04 Å². The first-order chi connectivity index (χ1) is 11.8.